The van der Waals surface area contributed by atoms with Gasteiger partial charge in [-0.25, -0.2) is 0 Å². The zero-order chi connectivity index (χ0) is 27.2. The molecule has 0 radical (unpaired) electrons. The van der Waals surface area contributed by atoms with E-state index in [1.165, 1.54) is 34.0 Å². The molecule has 0 saturated carbocycles. The molecular formula is C31H39N7O2. The number of fused-ring (bicyclic) bond motifs is 2. The van der Waals surface area contributed by atoms with Crippen LogP contribution in [0.3, 0.4) is 0 Å². The number of amides is 1. The number of aromatic nitrogens is 2. The van der Waals surface area contributed by atoms with Crippen LogP contribution < -0.4 is 19.9 Å². The Morgan fingerprint density at radius 3 is 2.58 bits per heavy atom. The third-order valence-corrected chi connectivity index (χ3v) is 9.13. The summed E-state index contributed by atoms with van der Waals surface area (Å²) >= 11 is 0. The van der Waals surface area contributed by atoms with Crippen LogP contribution in [0.4, 0.5) is 11.5 Å². The Kier molecular flexibility index (Phi) is 6.71. The molecule has 9 heteroatoms. The average molecular weight is 542 g/mol. The number of nitrogens with one attached hydrogen (secondary N) is 1. The number of anilines is 2. The average Bonchev–Trinajstić information content (AvgIpc) is 3.76. The molecule has 4 aliphatic rings. The zero-order valence-corrected chi connectivity index (χ0v) is 23.6. The maximum atomic E-state index is 12.6. The molecule has 5 heterocycles. The van der Waals surface area contributed by atoms with E-state index in [0.29, 0.717) is 18.7 Å². The van der Waals surface area contributed by atoms with Gasteiger partial charge in [-0.2, -0.15) is 9.97 Å². The number of ether oxygens (including phenoxy) is 1. The quantitative estimate of drug-likeness (QED) is 0.477. The maximum absolute atomic E-state index is 12.6. The van der Waals surface area contributed by atoms with Gasteiger partial charge in [-0.15, -0.1) is 0 Å². The molecular weight excluding hydrogens is 502 g/mol. The number of hydrogen-bond donors (Lipinski definition) is 1. The first-order valence-corrected chi connectivity index (χ1v) is 14.8. The van der Waals surface area contributed by atoms with E-state index in [9.17, 15) is 4.79 Å². The second kappa shape index (κ2) is 10.5. The first-order chi connectivity index (χ1) is 19.5. The van der Waals surface area contributed by atoms with Crippen molar-refractivity contribution in [1.82, 2.24) is 25.1 Å². The molecule has 2 aromatic carbocycles. The van der Waals surface area contributed by atoms with Crippen molar-refractivity contribution in [3.63, 3.8) is 0 Å². The Morgan fingerprint density at radius 1 is 1.02 bits per heavy atom. The fraction of sp³-hybridized carbons (Fsp3) is 0.516. The number of piperazine rings is 1. The van der Waals surface area contributed by atoms with Gasteiger partial charge < -0.3 is 29.7 Å². The summed E-state index contributed by atoms with van der Waals surface area (Å²) < 4.78 is 6.31. The Balaban J connectivity index is 1.18. The molecule has 4 aliphatic heterocycles. The van der Waals surface area contributed by atoms with Crippen LogP contribution in [0.2, 0.25) is 0 Å². The number of rotatable bonds is 6. The zero-order valence-electron chi connectivity index (χ0n) is 23.6. The molecule has 2 atom stereocenters. The molecule has 40 heavy (non-hydrogen) atoms. The number of aryl methyl sites for hydroxylation is 1. The van der Waals surface area contributed by atoms with E-state index >= 15 is 0 Å². The van der Waals surface area contributed by atoms with Crippen molar-refractivity contribution in [2.45, 2.75) is 44.8 Å². The molecule has 9 nitrogen and oxygen atoms in total. The number of carbonyl (C=O) groups is 1. The first-order valence-electron chi connectivity index (χ1n) is 14.8. The summed E-state index contributed by atoms with van der Waals surface area (Å²) in [6, 6.07) is 14.0. The summed E-state index contributed by atoms with van der Waals surface area (Å²) in [5, 5.41) is 5.73. The van der Waals surface area contributed by atoms with Crippen LogP contribution in [-0.2, 0) is 17.8 Å². The minimum atomic E-state index is 0.0239. The van der Waals surface area contributed by atoms with Crippen molar-refractivity contribution in [3.8, 4) is 6.01 Å². The molecule has 0 aliphatic carbocycles. The molecule has 0 bridgehead atoms. The minimum Gasteiger partial charge on any atom is -0.462 e. The third kappa shape index (κ3) is 4.86. The predicted molar refractivity (Wildman–Crippen MR) is 157 cm³/mol. The Morgan fingerprint density at radius 2 is 1.82 bits per heavy atom. The monoisotopic (exact) mass is 541 g/mol. The summed E-state index contributed by atoms with van der Waals surface area (Å²) in [7, 11) is 2.17. The van der Waals surface area contributed by atoms with Gasteiger partial charge in [-0.05, 0) is 56.8 Å². The fourth-order valence-electron chi connectivity index (χ4n) is 6.64. The molecule has 3 fully saturated rings. The van der Waals surface area contributed by atoms with Crippen molar-refractivity contribution in [3.05, 3.63) is 53.2 Å². The standard InChI is InChI=1S/C31H39N7O2/c1-21-6-3-7-22-8-4-10-27(28(21)22)38-13-11-24-26(19-38)33-31(40-20-23-9-5-12-35(23)2)34-29(24)36-14-16-37(17-15-36)30(39)25-18-32-25/h3-4,6-8,10,23,25,32H,5,9,11-20H2,1-2H3. The highest BCUT2D eigenvalue weighted by Gasteiger charge is 2.35. The van der Waals surface area contributed by atoms with Crippen molar-refractivity contribution in [1.29, 1.82) is 0 Å². The van der Waals surface area contributed by atoms with Gasteiger partial charge >= 0.3 is 6.01 Å². The summed E-state index contributed by atoms with van der Waals surface area (Å²) in [5.41, 5.74) is 4.83. The third-order valence-electron chi connectivity index (χ3n) is 9.13. The van der Waals surface area contributed by atoms with Gasteiger partial charge in [-0.1, -0.05) is 30.3 Å². The Bertz CT molecular complexity index is 1410. The van der Waals surface area contributed by atoms with Crippen molar-refractivity contribution in [2.24, 2.45) is 0 Å². The SMILES string of the molecule is Cc1cccc2cccc(N3CCc4c(nc(OCC5CCCN5C)nc4N4CCN(C(=O)C5CN5)CC4)C3)c12. The Hall–Kier alpha value is -3.43. The van der Waals surface area contributed by atoms with E-state index < -0.39 is 0 Å². The van der Waals surface area contributed by atoms with Crippen molar-refractivity contribution in [2.75, 3.05) is 69.3 Å². The normalized spacial score (nSPS) is 23.0. The lowest BCUT2D eigenvalue weighted by Gasteiger charge is -2.38. The van der Waals surface area contributed by atoms with Crippen LogP contribution in [0.15, 0.2) is 36.4 Å². The van der Waals surface area contributed by atoms with Gasteiger partial charge in [0, 0.05) is 61.9 Å². The second-order valence-electron chi connectivity index (χ2n) is 11.7. The van der Waals surface area contributed by atoms with E-state index in [1.54, 1.807) is 0 Å². The van der Waals surface area contributed by atoms with Gasteiger partial charge in [0.2, 0.25) is 5.91 Å². The number of benzene rings is 2. The maximum Gasteiger partial charge on any atom is 0.318 e. The molecule has 210 valence electrons. The van der Waals surface area contributed by atoms with Gasteiger partial charge in [0.05, 0.1) is 18.3 Å². The van der Waals surface area contributed by atoms with Crippen molar-refractivity contribution < 1.29 is 9.53 Å². The predicted octanol–water partition coefficient (Wildman–Crippen LogP) is 2.59. The van der Waals surface area contributed by atoms with E-state index in [4.69, 9.17) is 14.7 Å². The number of likely N-dealkylation sites (tertiary alicyclic amines) is 1. The molecule has 1 amide bonds. The van der Waals surface area contributed by atoms with Crippen molar-refractivity contribution >= 4 is 28.2 Å². The molecule has 3 saturated heterocycles. The van der Waals surface area contributed by atoms with Crippen LogP contribution in [0.1, 0.15) is 29.7 Å². The van der Waals surface area contributed by atoms with Crippen LogP contribution >= 0.6 is 0 Å². The molecule has 0 spiro atoms. The first kappa shape index (κ1) is 25.5. The van der Waals surface area contributed by atoms with Gasteiger partial charge in [-0.3, -0.25) is 4.79 Å². The lowest BCUT2D eigenvalue weighted by atomic mass is 9.99. The number of nitrogens with zero attached hydrogens (tertiary/aromatic N) is 6. The number of carbonyl (C=O) groups excluding carboxylic acids is 1. The molecule has 7 rings (SSSR count). The molecule has 2 unspecified atom stereocenters. The van der Waals surface area contributed by atoms with Gasteiger partial charge in [0.25, 0.3) is 0 Å². The van der Waals surface area contributed by atoms with E-state index in [1.807, 2.05) is 4.90 Å². The minimum absolute atomic E-state index is 0.0239. The topological polar surface area (TPSA) is 87.0 Å². The van der Waals surface area contributed by atoms with Crippen LogP contribution in [0, 0.1) is 6.92 Å². The Labute approximate surface area is 236 Å². The second-order valence-corrected chi connectivity index (χ2v) is 11.7. The van der Waals surface area contributed by atoms with Crippen LogP contribution in [-0.4, -0.2) is 97.2 Å². The highest BCUT2D eigenvalue weighted by atomic mass is 16.5. The summed E-state index contributed by atoms with van der Waals surface area (Å²) in [4.78, 5) is 31.8. The summed E-state index contributed by atoms with van der Waals surface area (Å²) in [6.45, 7) is 9.36. The number of hydrogen-bond acceptors (Lipinski definition) is 8. The van der Waals surface area contributed by atoms with E-state index in [0.717, 1.165) is 76.7 Å². The molecule has 1 N–H and O–H groups in total. The van der Waals surface area contributed by atoms with E-state index in [-0.39, 0.29) is 11.9 Å². The van der Waals surface area contributed by atoms with Gasteiger partial charge in [0.1, 0.15) is 12.4 Å². The molecule has 3 aromatic rings. The number of likely N-dealkylation sites (N-methyl/N-ethyl adjacent to an activating group) is 1. The van der Waals surface area contributed by atoms with Crippen LogP contribution in [0.25, 0.3) is 10.8 Å². The van der Waals surface area contributed by atoms with Gasteiger partial charge in [0.15, 0.2) is 0 Å². The smallest absolute Gasteiger partial charge is 0.318 e. The summed E-state index contributed by atoms with van der Waals surface area (Å²) in [5.74, 6) is 1.22. The highest BCUT2D eigenvalue weighted by molar-refractivity contribution is 5.97. The lowest BCUT2D eigenvalue weighted by molar-refractivity contribution is -0.130. The lowest BCUT2D eigenvalue weighted by Crippen LogP contribution is -2.51. The van der Waals surface area contributed by atoms with Crippen LogP contribution in [0.5, 0.6) is 6.01 Å². The summed E-state index contributed by atoms with van der Waals surface area (Å²) in [6.07, 6.45) is 3.23. The van der Waals surface area contributed by atoms with E-state index in [2.05, 4.69) is 70.4 Å². The highest BCUT2D eigenvalue weighted by Crippen LogP contribution is 2.35. The fourth-order valence-corrected chi connectivity index (χ4v) is 6.64. The largest absolute Gasteiger partial charge is 0.462 e. The molecule has 1 aromatic heterocycles.